The predicted molar refractivity (Wildman–Crippen MR) is 102 cm³/mol. The van der Waals surface area contributed by atoms with Gasteiger partial charge >= 0.3 is 6.03 Å². The largest absolute Gasteiger partial charge is 0.324 e. The normalized spacial score (nSPS) is 17.5. The molecule has 1 fully saturated rings. The van der Waals surface area contributed by atoms with Gasteiger partial charge in [0.1, 0.15) is 5.82 Å². The van der Waals surface area contributed by atoms with Crippen LogP contribution in [0.3, 0.4) is 0 Å². The number of rotatable bonds is 2. The number of urea groups is 1. The number of piperidine rings is 1. The Morgan fingerprint density at radius 2 is 2.04 bits per heavy atom. The number of nitrogens with zero attached hydrogens (tertiary/aromatic N) is 4. The number of hydrogen-bond acceptors (Lipinski definition) is 3. The molecular formula is C18H17Cl2N5O. The van der Waals surface area contributed by atoms with E-state index in [0.717, 1.165) is 24.3 Å². The minimum Gasteiger partial charge on any atom is -0.324 e. The van der Waals surface area contributed by atoms with E-state index in [0.29, 0.717) is 28.8 Å². The number of anilines is 1. The maximum absolute atomic E-state index is 12.6. The average molecular weight is 390 g/mol. The minimum atomic E-state index is -0.151. The van der Waals surface area contributed by atoms with E-state index in [9.17, 15) is 4.79 Å². The molecule has 1 aliphatic rings. The van der Waals surface area contributed by atoms with Gasteiger partial charge in [-0.05, 0) is 43.2 Å². The molecule has 3 aromatic rings. The Bertz CT molecular complexity index is 958. The Morgan fingerprint density at radius 1 is 1.15 bits per heavy atom. The molecule has 1 aromatic carbocycles. The lowest BCUT2D eigenvalue weighted by Crippen LogP contribution is -2.42. The van der Waals surface area contributed by atoms with Crippen molar-refractivity contribution in [2.75, 3.05) is 18.4 Å². The maximum Gasteiger partial charge on any atom is 0.321 e. The van der Waals surface area contributed by atoms with E-state index in [1.165, 1.54) is 0 Å². The van der Waals surface area contributed by atoms with Crippen molar-refractivity contribution in [3.05, 3.63) is 58.5 Å². The SMILES string of the molecule is O=C(Nc1ccc(Cl)c(Cl)c1)N1CCC[C@H](c2nnc3ccccn23)C1. The number of likely N-dealkylation sites (tertiary alicyclic amines) is 1. The number of aromatic nitrogens is 3. The number of halogens is 2. The third kappa shape index (κ3) is 3.34. The first-order valence-electron chi connectivity index (χ1n) is 8.42. The number of pyridine rings is 1. The molecule has 1 saturated heterocycles. The minimum absolute atomic E-state index is 0.151. The first-order chi connectivity index (χ1) is 12.6. The van der Waals surface area contributed by atoms with E-state index in [2.05, 4.69) is 15.5 Å². The lowest BCUT2D eigenvalue weighted by molar-refractivity contribution is 0.191. The van der Waals surface area contributed by atoms with E-state index < -0.39 is 0 Å². The number of hydrogen-bond donors (Lipinski definition) is 1. The molecule has 2 amide bonds. The highest BCUT2D eigenvalue weighted by Crippen LogP contribution is 2.28. The van der Waals surface area contributed by atoms with Crippen molar-refractivity contribution in [2.24, 2.45) is 0 Å². The Kier molecular flexibility index (Phi) is 4.70. The highest BCUT2D eigenvalue weighted by atomic mass is 35.5. The van der Waals surface area contributed by atoms with Gasteiger partial charge in [-0.25, -0.2) is 4.79 Å². The fraction of sp³-hybridized carbons (Fsp3) is 0.278. The van der Waals surface area contributed by atoms with Crippen LogP contribution in [-0.2, 0) is 0 Å². The quantitative estimate of drug-likeness (QED) is 0.703. The monoisotopic (exact) mass is 389 g/mol. The number of carbonyl (C=O) groups excluding carboxylic acids is 1. The van der Waals surface area contributed by atoms with Gasteiger partial charge in [-0.3, -0.25) is 4.40 Å². The molecule has 0 spiro atoms. The molecule has 26 heavy (non-hydrogen) atoms. The van der Waals surface area contributed by atoms with Crippen LogP contribution in [0.15, 0.2) is 42.6 Å². The zero-order valence-corrected chi connectivity index (χ0v) is 15.4. The standard InChI is InChI=1S/C18H17Cl2N5O/c19-14-7-6-13(10-15(14)20)21-18(26)24-8-3-4-12(11-24)17-23-22-16-5-1-2-9-25(16)17/h1-2,5-7,9-10,12H,3-4,8,11H2,(H,21,26)/t12-/m0/s1. The van der Waals surface area contributed by atoms with Gasteiger partial charge in [-0.2, -0.15) is 0 Å². The predicted octanol–water partition coefficient (Wildman–Crippen LogP) is 4.45. The molecule has 0 saturated carbocycles. The molecule has 0 unspecified atom stereocenters. The van der Waals surface area contributed by atoms with Crippen molar-refractivity contribution in [1.82, 2.24) is 19.5 Å². The van der Waals surface area contributed by atoms with E-state index in [1.54, 1.807) is 23.1 Å². The summed E-state index contributed by atoms with van der Waals surface area (Å²) in [5.41, 5.74) is 1.44. The van der Waals surface area contributed by atoms with Crippen LogP contribution in [0, 0.1) is 0 Å². The van der Waals surface area contributed by atoms with Gasteiger partial charge < -0.3 is 10.2 Å². The van der Waals surface area contributed by atoms with Crippen molar-refractivity contribution in [1.29, 1.82) is 0 Å². The van der Waals surface area contributed by atoms with Crippen LogP contribution in [0.25, 0.3) is 5.65 Å². The van der Waals surface area contributed by atoms with Gasteiger partial charge in [-0.1, -0.05) is 29.3 Å². The maximum atomic E-state index is 12.6. The number of nitrogens with one attached hydrogen (secondary N) is 1. The molecular weight excluding hydrogens is 373 g/mol. The summed E-state index contributed by atoms with van der Waals surface area (Å²) in [4.78, 5) is 14.4. The average Bonchev–Trinajstić information content (AvgIpc) is 3.09. The van der Waals surface area contributed by atoms with Gasteiger partial charge in [0.25, 0.3) is 0 Å². The summed E-state index contributed by atoms with van der Waals surface area (Å²) in [6, 6.07) is 10.7. The molecule has 1 N–H and O–H groups in total. The number of amides is 2. The summed E-state index contributed by atoms with van der Waals surface area (Å²) in [7, 11) is 0. The number of fused-ring (bicyclic) bond motifs is 1. The Morgan fingerprint density at radius 3 is 2.88 bits per heavy atom. The van der Waals surface area contributed by atoms with E-state index in [4.69, 9.17) is 23.2 Å². The Labute approximate surface area is 160 Å². The lowest BCUT2D eigenvalue weighted by Gasteiger charge is -2.32. The molecule has 3 heterocycles. The summed E-state index contributed by atoms with van der Waals surface area (Å²) in [6.07, 6.45) is 3.85. The number of carbonyl (C=O) groups is 1. The summed E-state index contributed by atoms with van der Waals surface area (Å²) in [6.45, 7) is 1.31. The third-order valence-electron chi connectivity index (χ3n) is 4.58. The topological polar surface area (TPSA) is 62.5 Å². The van der Waals surface area contributed by atoms with Crippen molar-refractivity contribution < 1.29 is 4.79 Å². The van der Waals surface area contributed by atoms with Crippen molar-refractivity contribution in [2.45, 2.75) is 18.8 Å². The molecule has 2 aromatic heterocycles. The molecule has 0 bridgehead atoms. The van der Waals surface area contributed by atoms with Crippen LogP contribution < -0.4 is 5.32 Å². The molecule has 1 atom stereocenters. The summed E-state index contributed by atoms with van der Waals surface area (Å²) in [5, 5.41) is 12.3. The third-order valence-corrected chi connectivity index (χ3v) is 5.32. The van der Waals surface area contributed by atoms with Crippen molar-refractivity contribution in [3.8, 4) is 0 Å². The molecule has 134 valence electrons. The van der Waals surface area contributed by atoms with Crippen LogP contribution in [-0.4, -0.2) is 38.6 Å². The number of benzene rings is 1. The fourth-order valence-electron chi connectivity index (χ4n) is 3.29. The lowest BCUT2D eigenvalue weighted by atomic mass is 9.97. The summed E-state index contributed by atoms with van der Waals surface area (Å²) < 4.78 is 1.99. The van der Waals surface area contributed by atoms with Crippen LogP contribution in [0.2, 0.25) is 10.0 Å². The smallest absolute Gasteiger partial charge is 0.321 e. The van der Waals surface area contributed by atoms with E-state index >= 15 is 0 Å². The van der Waals surface area contributed by atoms with Crippen LogP contribution in [0.5, 0.6) is 0 Å². The van der Waals surface area contributed by atoms with E-state index in [1.807, 2.05) is 28.8 Å². The summed E-state index contributed by atoms with van der Waals surface area (Å²) >= 11 is 11.9. The zero-order valence-electron chi connectivity index (χ0n) is 13.9. The fourth-order valence-corrected chi connectivity index (χ4v) is 3.59. The van der Waals surface area contributed by atoms with Crippen molar-refractivity contribution >= 4 is 40.6 Å². The second-order valence-electron chi connectivity index (χ2n) is 6.33. The molecule has 0 radical (unpaired) electrons. The zero-order chi connectivity index (χ0) is 18.1. The molecule has 0 aliphatic carbocycles. The molecule has 8 heteroatoms. The highest BCUT2D eigenvalue weighted by Gasteiger charge is 2.28. The molecule has 6 nitrogen and oxygen atoms in total. The van der Waals surface area contributed by atoms with E-state index in [-0.39, 0.29) is 11.9 Å². The van der Waals surface area contributed by atoms with Crippen molar-refractivity contribution in [3.63, 3.8) is 0 Å². The summed E-state index contributed by atoms with van der Waals surface area (Å²) in [5.74, 6) is 1.05. The van der Waals surface area contributed by atoms with Gasteiger partial charge in [0.2, 0.25) is 0 Å². The van der Waals surface area contributed by atoms with Crippen LogP contribution in [0.4, 0.5) is 10.5 Å². The molecule has 1 aliphatic heterocycles. The van der Waals surface area contributed by atoms with Gasteiger partial charge in [0.15, 0.2) is 5.65 Å². The first-order valence-corrected chi connectivity index (χ1v) is 9.18. The second-order valence-corrected chi connectivity index (χ2v) is 7.15. The highest BCUT2D eigenvalue weighted by molar-refractivity contribution is 6.42. The first kappa shape index (κ1) is 17.1. The Balaban J connectivity index is 1.49. The molecule has 4 rings (SSSR count). The van der Waals surface area contributed by atoms with Gasteiger partial charge in [0.05, 0.1) is 10.0 Å². The second kappa shape index (κ2) is 7.13. The van der Waals surface area contributed by atoms with Gasteiger partial charge in [0, 0.05) is 30.9 Å². The van der Waals surface area contributed by atoms with Gasteiger partial charge in [-0.15, -0.1) is 10.2 Å². The van der Waals surface area contributed by atoms with Crippen LogP contribution in [0.1, 0.15) is 24.6 Å². The van der Waals surface area contributed by atoms with Crippen LogP contribution >= 0.6 is 23.2 Å². The Hall–Kier alpha value is -2.31.